The summed E-state index contributed by atoms with van der Waals surface area (Å²) in [5.74, 6) is -10.1. The minimum absolute atomic E-state index is 0.0976. The molecule has 0 spiro atoms. The largest absolute Gasteiger partial charge is 0.756 e. The predicted molar refractivity (Wildman–Crippen MR) is 333 cm³/mol. The highest BCUT2D eigenvalue weighted by molar-refractivity contribution is 7.46. The van der Waals surface area contributed by atoms with Crippen molar-refractivity contribution < 1.29 is 186 Å². The van der Waals surface area contributed by atoms with Gasteiger partial charge in [0.15, 0.2) is 43.6 Å². The number of hydrogen-bond acceptors (Lipinski definition) is 40. The van der Waals surface area contributed by atoms with E-state index in [1.165, 1.54) is 12.1 Å². The van der Waals surface area contributed by atoms with Crippen LogP contribution in [0.1, 0.15) is 68.1 Å². The lowest BCUT2D eigenvalue weighted by molar-refractivity contribution is -0.391. The average Bonchev–Trinajstić information content (AvgIpc) is 0.942. The number of Topliss-reactive ketones (excluding diaryl/α,β-unsaturated/α-hetero) is 1. The fraction of sp³-hybridized carbons (Fsp3) is 0.717. The van der Waals surface area contributed by atoms with Gasteiger partial charge in [-0.2, -0.15) is 4.98 Å². The van der Waals surface area contributed by atoms with Crippen molar-refractivity contribution in [2.24, 2.45) is 5.92 Å². The van der Waals surface area contributed by atoms with Crippen molar-refractivity contribution >= 4 is 56.1 Å². The summed E-state index contributed by atoms with van der Waals surface area (Å²) in [5.41, 5.74) is 5.21. The number of nitrogens with two attached hydrogens (primary N) is 1. The first-order valence-electron chi connectivity index (χ1n) is 32.9. The number of nitrogens with zero attached hydrogens (tertiary/aromatic N) is 2. The van der Waals surface area contributed by atoms with E-state index in [1.54, 1.807) is 12.1 Å². The number of aryl methyl sites for hydroxylation is 1. The van der Waals surface area contributed by atoms with Gasteiger partial charge in [-0.1, -0.05) is 12.1 Å². The number of nitrogen functional groups attached to an aromatic ring is 1. The predicted octanol–water partition coefficient (Wildman–Crippen LogP) is -11.2. The molecular formula is C60H86N6O39P-. The number of amides is 3. The van der Waals surface area contributed by atoms with E-state index in [1.807, 2.05) is 0 Å². The minimum Gasteiger partial charge on any atom is -0.756 e. The Morgan fingerprint density at radius 1 is 0.745 bits per heavy atom. The van der Waals surface area contributed by atoms with Crippen molar-refractivity contribution in [1.82, 2.24) is 25.5 Å². The van der Waals surface area contributed by atoms with Crippen LogP contribution in [0, 0.1) is 5.92 Å². The molecule has 6 fully saturated rings. The van der Waals surface area contributed by atoms with Gasteiger partial charge in [-0.05, 0) is 36.6 Å². The van der Waals surface area contributed by atoms with E-state index in [-0.39, 0.29) is 50.1 Å². The summed E-state index contributed by atoms with van der Waals surface area (Å²) in [6.07, 6.45) is -47.9. The number of carboxylic acids is 1. The number of phosphoric ester groups is 1. The van der Waals surface area contributed by atoms with Crippen LogP contribution in [0.3, 0.4) is 0 Å². The number of aromatic nitrogens is 2. The molecule has 46 heteroatoms. The third kappa shape index (κ3) is 20.7. The van der Waals surface area contributed by atoms with Gasteiger partial charge < -0.3 is 165 Å². The van der Waals surface area contributed by atoms with E-state index >= 15 is 0 Å². The molecule has 6 saturated heterocycles. The second-order valence-corrected chi connectivity index (χ2v) is 26.7. The molecule has 0 radical (unpaired) electrons. The number of carbonyl (C=O) groups is 7. The van der Waals surface area contributed by atoms with E-state index in [9.17, 15) is 124 Å². The Labute approximate surface area is 598 Å². The maximum absolute atomic E-state index is 13.5. The first kappa shape index (κ1) is 85.2. The van der Waals surface area contributed by atoms with Crippen molar-refractivity contribution in [3.05, 3.63) is 58.1 Å². The van der Waals surface area contributed by atoms with E-state index in [2.05, 4.69) is 20.9 Å². The molecule has 2 aromatic rings. The Morgan fingerprint density at radius 2 is 1.35 bits per heavy atom. The lowest BCUT2D eigenvalue weighted by Gasteiger charge is -2.48. The summed E-state index contributed by atoms with van der Waals surface area (Å²) >= 11 is 0. The first-order valence-corrected chi connectivity index (χ1v) is 34.4. The average molecular weight is 1550 g/mol. The van der Waals surface area contributed by atoms with Crippen LogP contribution in [0.5, 0.6) is 0 Å². The number of aliphatic hydroxyl groups excluding tert-OH is 14. The molecule has 11 unspecified atom stereocenters. The Morgan fingerprint density at radius 3 is 1.94 bits per heavy atom. The van der Waals surface area contributed by atoms with Gasteiger partial charge >= 0.3 is 11.7 Å². The van der Waals surface area contributed by atoms with Crippen LogP contribution in [-0.2, 0) is 106 Å². The Bertz CT molecular complexity index is 3390. The third-order valence-electron chi connectivity index (χ3n) is 18.0. The van der Waals surface area contributed by atoms with Gasteiger partial charge in [-0.25, -0.2) is 9.59 Å². The standard InChI is InChI=1S/C60H87N6O39P/c1-23(72)63-29-15-32(97-55-46(85)43(82)49(57(103-55)94-22-71)101-53-37(64-24(2)73)41(80)39(78)34(19-69)99-53)33(18-68)98-52(29)100-48-42(81)45(84)54(102-56(48)93-21-70)92-13-11-62-50(86)26-8-6-25(7-9-26)4-3-5-27(74)14-28-30(75)16-60(58(87)88,104-47(28)38(77)31(76)17-67)105-106(90,91)95-20-35-40(79)44(83)51(96-35)66-12-10-36(61)65-59(66)89/h6-10,12,21-22,28-35,37-49,51-57,67-69,75-85H,3-5,11,13-20H2,1-2H3,(H,62,86)(H,63,72)(H,64,73)(H,87,88)(H,90,91)(H2,61,65,89)/p-1/t28-,29?,30-,31-,32+,33?,34?,35-,37?,38-,39-,40+,41-,42-,43-,44?,45?,46?,47?,48+,49+,51-,52-,53-,54-,55-,56?,57?,60-/m1/s1. The Balaban J connectivity index is 0.797. The summed E-state index contributed by atoms with van der Waals surface area (Å²) < 4.78 is 90.7. The van der Waals surface area contributed by atoms with Gasteiger partial charge in [0.25, 0.3) is 32.5 Å². The molecular weight excluding hydrogens is 1460 g/mol. The second kappa shape index (κ2) is 37.8. The molecule has 0 saturated carbocycles. The molecule has 8 rings (SSSR count). The summed E-state index contributed by atoms with van der Waals surface area (Å²) in [6.45, 7) is -2.86. The number of nitrogens with one attached hydrogen (secondary N) is 3. The Hall–Kier alpha value is -6.46. The Kier molecular flexibility index (Phi) is 30.3. The van der Waals surface area contributed by atoms with E-state index < -0.39 is 273 Å². The summed E-state index contributed by atoms with van der Waals surface area (Å²) in [6, 6.07) is 4.24. The van der Waals surface area contributed by atoms with Gasteiger partial charge in [0, 0.05) is 63.8 Å². The van der Waals surface area contributed by atoms with Crippen LogP contribution < -0.4 is 32.3 Å². The number of rotatable bonds is 35. The monoisotopic (exact) mass is 1550 g/mol. The summed E-state index contributed by atoms with van der Waals surface area (Å²) in [7, 11) is -5.95. The number of phosphoric acid groups is 1. The van der Waals surface area contributed by atoms with Gasteiger partial charge in [0.1, 0.15) is 97.0 Å². The van der Waals surface area contributed by atoms with Crippen LogP contribution in [0.4, 0.5) is 5.82 Å². The maximum Gasteiger partial charge on any atom is 0.364 e. The van der Waals surface area contributed by atoms with Crippen LogP contribution in [-0.4, -0.2) is 334 Å². The minimum atomic E-state index is -5.95. The number of carbonyl (C=O) groups excluding carboxylic acids is 6. The van der Waals surface area contributed by atoms with Crippen LogP contribution in [0.25, 0.3) is 0 Å². The molecule has 1 aromatic heterocycles. The second-order valence-electron chi connectivity index (χ2n) is 25.4. The van der Waals surface area contributed by atoms with E-state index in [0.29, 0.717) is 5.56 Å². The van der Waals surface area contributed by atoms with Gasteiger partial charge in [0.2, 0.25) is 24.4 Å². The first-order chi connectivity index (χ1) is 50.2. The highest BCUT2D eigenvalue weighted by Crippen LogP contribution is 2.50. The number of benzene rings is 1. The summed E-state index contributed by atoms with van der Waals surface area (Å²) in [4.78, 5) is 117. The molecule has 20 N–H and O–H groups in total. The quantitative estimate of drug-likeness (QED) is 0.0173. The summed E-state index contributed by atoms with van der Waals surface area (Å²) in [5, 5.41) is 168. The lowest BCUT2D eigenvalue weighted by Crippen LogP contribution is -2.68. The molecule has 1 aromatic carbocycles. The highest BCUT2D eigenvalue weighted by atomic mass is 31.2. The van der Waals surface area contributed by atoms with Gasteiger partial charge in [0.05, 0.1) is 57.4 Å². The molecule has 0 bridgehead atoms. The van der Waals surface area contributed by atoms with Crippen molar-refractivity contribution in [2.45, 2.75) is 224 Å². The SMILES string of the molecule is CC(=O)NC1C[C@H](O[C@@H]2OC(OC=O)[C@@H](O[C@H]3OC(CO)[C@@H](O)[C@H](O)C3NC(C)=O)[C@H](O)C2O)C(CO)O[C@@H]1O[C@@H]1C(OC=O)O[C@@H](OCCNC(=O)c2ccc(CCCC(=O)C[C@H]3C([C@H](O)[C@H](O)CO)O[C@](OP(=O)([O-])OC[C@H]4O[C@@H](n5ccc(N)nc5=O)C(O)[C@H]4O)(C(=O)O)C[C@H]3O)cc2)C(O)[C@H]1O. The zero-order valence-corrected chi connectivity index (χ0v) is 57.1. The smallest absolute Gasteiger partial charge is 0.364 e. The van der Waals surface area contributed by atoms with Crippen LogP contribution >= 0.6 is 7.82 Å². The van der Waals surface area contributed by atoms with Crippen molar-refractivity contribution in [3.8, 4) is 0 Å². The zero-order valence-electron chi connectivity index (χ0n) is 56.2. The number of hydrogen-bond donors (Lipinski definition) is 19. The molecule has 596 valence electrons. The molecule has 106 heavy (non-hydrogen) atoms. The molecule has 7 heterocycles. The fourth-order valence-corrected chi connectivity index (χ4v) is 13.5. The number of carboxylic acid groups (broad SMARTS) is 1. The molecule has 6 aliphatic rings. The van der Waals surface area contributed by atoms with Crippen molar-refractivity contribution in [1.29, 1.82) is 0 Å². The number of anilines is 1. The maximum atomic E-state index is 13.5. The van der Waals surface area contributed by atoms with Crippen molar-refractivity contribution in [2.75, 3.05) is 45.3 Å². The van der Waals surface area contributed by atoms with E-state index in [0.717, 1.165) is 30.7 Å². The molecule has 45 nitrogen and oxygen atoms in total. The molecule has 30 atom stereocenters. The van der Waals surface area contributed by atoms with Gasteiger partial charge in [-0.15, -0.1) is 0 Å². The molecule has 3 amide bonds. The number of ketones is 1. The lowest BCUT2D eigenvalue weighted by atomic mass is 9.80. The molecule has 6 aliphatic heterocycles. The zero-order chi connectivity index (χ0) is 77.8. The van der Waals surface area contributed by atoms with Crippen LogP contribution in [0.15, 0.2) is 41.3 Å². The molecule has 0 aliphatic carbocycles. The van der Waals surface area contributed by atoms with Gasteiger partial charge in [-0.3, -0.25) is 42.4 Å². The highest BCUT2D eigenvalue weighted by Gasteiger charge is 2.59. The number of ether oxygens (including phenoxy) is 12. The normalized spacial score (nSPS) is 37.3. The number of aliphatic hydroxyl groups is 14. The number of aliphatic carboxylic acids is 1. The third-order valence-corrected chi connectivity index (χ3v) is 19.0. The van der Waals surface area contributed by atoms with E-state index in [4.69, 9.17) is 71.6 Å². The fourth-order valence-electron chi connectivity index (χ4n) is 12.6. The topological polar surface area (TPSA) is 689 Å². The van der Waals surface area contributed by atoms with Crippen molar-refractivity contribution in [3.63, 3.8) is 0 Å². The van der Waals surface area contributed by atoms with Crippen LogP contribution in [0.2, 0.25) is 0 Å².